The first kappa shape index (κ1) is 16.1. The molecule has 25 heavy (non-hydrogen) atoms. The van der Waals surface area contributed by atoms with E-state index in [4.69, 9.17) is 11.6 Å². The van der Waals surface area contributed by atoms with E-state index in [2.05, 4.69) is 21.0 Å². The lowest BCUT2D eigenvalue weighted by molar-refractivity contribution is 0.192. The van der Waals surface area contributed by atoms with Gasteiger partial charge in [-0.1, -0.05) is 35.9 Å². The molecule has 0 bridgehead atoms. The highest BCUT2D eigenvalue weighted by atomic mass is 35.5. The van der Waals surface area contributed by atoms with Crippen LogP contribution in [0.2, 0.25) is 5.02 Å². The number of nitrogens with zero attached hydrogens (tertiary/aromatic N) is 4. The van der Waals surface area contributed by atoms with Crippen LogP contribution in [-0.4, -0.2) is 40.9 Å². The minimum absolute atomic E-state index is 0.0321. The van der Waals surface area contributed by atoms with Gasteiger partial charge in [-0.25, -0.2) is 4.68 Å². The lowest BCUT2D eigenvalue weighted by Crippen LogP contribution is -2.48. The molecule has 128 valence electrons. The summed E-state index contributed by atoms with van der Waals surface area (Å²) in [5.74, 6) is 0. The number of halogens is 1. The zero-order valence-electron chi connectivity index (χ0n) is 13.8. The van der Waals surface area contributed by atoms with Gasteiger partial charge < -0.3 is 4.90 Å². The van der Waals surface area contributed by atoms with Gasteiger partial charge in [0.2, 0.25) is 0 Å². The second kappa shape index (κ2) is 6.86. The Hall–Kier alpha value is -2.37. The first-order chi connectivity index (χ1) is 12.2. The fourth-order valence-electron chi connectivity index (χ4n) is 3.24. The molecule has 1 aromatic heterocycles. The molecule has 0 unspecified atom stereocenters. The van der Waals surface area contributed by atoms with Gasteiger partial charge in [-0.05, 0) is 24.3 Å². The molecule has 1 saturated heterocycles. The molecule has 3 aromatic rings. The van der Waals surface area contributed by atoms with E-state index in [-0.39, 0.29) is 5.56 Å². The summed E-state index contributed by atoms with van der Waals surface area (Å²) in [5, 5.41) is 6.68. The van der Waals surface area contributed by atoms with Gasteiger partial charge in [0.1, 0.15) is 0 Å². The highest BCUT2D eigenvalue weighted by Crippen LogP contribution is 2.20. The van der Waals surface area contributed by atoms with E-state index in [9.17, 15) is 4.79 Å². The van der Waals surface area contributed by atoms with E-state index in [0.29, 0.717) is 6.67 Å². The average Bonchev–Trinajstić information content (AvgIpc) is 2.65. The van der Waals surface area contributed by atoms with Crippen LogP contribution >= 0.6 is 11.6 Å². The highest BCUT2D eigenvalue weighted by Gasteiger charge is 2.18. The third kappa shape index (κ3) is 3.38. The SMILES string of the molecule is O=c1c2ccccc2cnn1CN1CCN(c2cccc(Cl)c2)CC1. The van der Waals surface area contributed by atoms with E-state index < -0.39 is 0 Å². The molecule has 2 heterocycles. The van der Waals surface area contributed by atoms with Crippen molar-refractivity contribution < 1.29 is 0 Å². The molecule has 1 aliphatic heterocycles. The van der Waals surface area contributed by atoms with Crippen LogP contribution in [0.4, 0.5) is 5.69 Å². The van der Waals surface area contributed by atoms with Crippen molar-refractivity contribution in [2.75, 3.05) is 31.1 Å². The van der Waals surface area contributed by atoms with Crippen LogP contribution in [0.3, 0.4) is 0 Å². The van der Waals surface area contributed by atoms with Gasteiger partial charge in [0.05, 0.1) is 18.3 Å². The zero-order chi connectivity index (χ0) is 17.2. The molecule has 6 heteroatoms. The number of hydrogen-bond donors (Lipinski definition) is 0. The highest BCUT2D eigenvalue weighted by molar-refractivity contribution is 6.30. The molecule has 1 fully saturated rings. The Kier molecular flexibility index (Phi) is 4.42. The van der Waals surface area contributed by atoms with Crippen molar-refractivity contribution in [2.24, 2.45) is 0 Å². The summed E-state index contributed by atoms with van der Waals surface area (Å²) < 4.78 is 1.55. The molecule has 0 amide bonds. The second-order valence-electron chi connectivity index (χ2n) is 6.26. The molecule has 0 spiro atoms. The van der Waals surface area contributed by atoms with Crippen LogP contribution in [0.15, 0.2) is 59.5 Å². The van der Waals surface area contributed by atoms with Gasteiger partial charge >= 0.3 is 0 Å². The molecule has 4 rings (SSSR count). The van der Waals surface area contributed by atoms with Crippen LogP contribution in [0, 0.1) is 0 Å². The Morgan fingerprint density at radius 2 is 1.80 bits per heavy atom. The van der Waals surface area contributed by atoms with Crippen molar-refractivity contribution in [3.05, 3.63) is 70.1 Å². The van der Waals surface area contributed by atoms with Crippen LogP contribution in [0.25, 0.3) is 10.8 Å². The molecule has 5 nitrogen and oxygen atoms in total. The molecule has 0 radical (unpaired) electrons. The topological polar surface area (TPSA) is 41.4 Å². The summed E-state index contributed by atoms with van der Waals surface area (Å²) in [6, 6.07) is 15.5. The summed E-state index contributed by atoms with van der Waals surface area (Å²) in [7, 11) is 0. The molecule has 2 aromatic carbocycles. The van der Waals surface area contributed by atoms with E-state index >= 15 is 0 Å². The van der Waals surface area contributed by atoms with Crippen LogP contribution in [-0.2, 0) is 6.67 Å². The molecule has 1 aliphatic rings. The number of aromatic nitrogens is 2. The minimum Gasteiger partial charge on any atom is -0.369 e. The van der Waals surface area contributed by atoms with Gasteiger partial charge in [-0.3, -0.25) is 9.69 Å². The van der Waals surface area contributed by atoms with E-state index in [0.717, 1.165) is 47.7 Å². The summed E-state index contributed by atoms with van der Waals surface area (Å²) >= 11 is 6.08. The lowest BCUT2D eigenvalue weighted by atomic mass is 10.2. The van der Waals surface area contributed by atoms with Crippen molar-refractivity contribution in [3.63, 3.8) is 0 Å². The molecule has 0 aliphatic carbocycles. The third-order valence-corrected chi connectivity index (χ3v) is 4.88. The van der Waals surface area contributed by atoms with Crippen molar-refractivity contribution in [3.8, 4) is 0 Å². The fourth-order valence-corrected chi connectivity index (χ4v) is 3.42. The van der Waals surface area contributed by atoms with Crippen molar-refractivity contribution in [1.29, 1.82) is 0 Å². The van der Waals surface area contributed by atoms with Gasteiger partial charge in [0.15, 0.2) is 0 Å². The Bertz CT molecular complexity index is 947. The van der Waals surface area contributed by atoms with Crippen LogP contribution < -0.4 is 10.5 Å². The smallest absolute Gasteiger partial charge is 0.275 e. The summed E-state index contributed by atoms with van der Waals surface area (Å²) in [6.07, 6.45) is 1.76. The summed E-state index contributed by atoms with van der Waals surface area (Å²) in [6.45, 7) is 4.10. The Morgan fingerprint density at radius 3 is 2.60 bits per heavy atom. The fraction of sp³-hybridized carbons (Fsp3) is 0.263. The zero-order valence-corrected chi connectivity index (χ0v) is 14.6. The molecular formula is C19H19ClN4O. The molecule has 0 saturated carbocycles. The van der Waals surface area contributed by atoms with Gasteiger partial charge in [-0.15, -0.1) is 0 Å². The standard InChI is InChI=1S/C19H19ClN4O/c20-16-5-3-6-17(12-16)23-10-8-22(9-11-23)14-24-19(25)18-7-2-1-4-15(18)13-21-24/h1-7,12-13H,8-11,14H2. The first-order valence-corrected chi connectivity index (χ1v) is 8.76. The number of hydrogen-bond acceptors (Lipinski definition) is 4. The predicted molar refractivity (Wildman–Crippen MR) is 101 cm³/mol. The van der Waals surface area contributed by atoms with Crippen LogP contribution in [0.5, 0.6) is 0 Å². The van der Waals surface area contributed by atoms with Gasteiger partial charge in [0.25, 0.3) is 5.56 Å². The van der Waals surface area contributed by atoms with Crippen molar-refractivity contribution >= 4 is 28.1 Å². The van der Waals surface area contributed by atoms with Crippen LogP contribution in [0.1, 0.15) is 0 Å². The maximum atomic E-state index is 12.6. The number of anilines is 1. The number of rotatable bonds is 3. The summed E-state index contributed by atoms with van der Waals surface area (Å²) in [4.78, 5) is 17.1. The Balaban J connectivity index is 1.45. The maximum absolute atomic E-state index is 12.6. The van der Waals surface area contributed by atoms with E-state index in [1.54, 1.807) is 10.9 Å². The largest absolute Gasteiger partial charge is 0.369 e. The number of fused-ring (bicyclic) bond motifs is 1. The van der Waals surface area contributed by atoms with Gasteiger partial charge in [-0.2, -0.15) is 5.10 Å². The maximum Gasteiger partial charge on any atom is 0.275 e. The minimum atomic E-state index is -0.0321. The Morgan fingerprint density at radius 1 is 1.00 bits per heavy atom. The molecular weight excluding hydrogens is 336 g/mol. The van der Waals surface area contributed by atoms with E-state index in [1.165, 1.54) is 0 Å². The van der Waals surface area contributed by atoms with Gasteiger partial charge in [0, 0.05) is 42.3 Å². The lowest BCUT2D eigenvalue weighted by Gasteiger charge is -2.36. The normalized spacial score (nSPS) is 15.6. The monoisotopic (exact) mass is 354 g/mol. The number of piperazine rings is 1. The summed E-state index contributed by atoms with van der Waals surface area (Å²) in [5.41, 5.74) is 1.11. The molecule has 0 atom stereocenters. The average molecular weight is 355 g/mol. The Labute approximate surface area is 151 Å². The van der Waals surface area contributed by atoms with E-state index in [1.807, 2.05) is 42.5 Å². The van der Waals surface area contributed by atoms with Crippen molar-refractivity contribution in [1.82, 2.24) is 14.7 Å². The number of benzene rings is 2. The first-order valence-electron chi connectivity index (χ1n) is 8.38. The second-order valence-corrected chi connectivity index (χ2v) is 6.70. The third-order valence-electron chi connectivity index (χ3n) is 4.64. The van der Waals surface area contributed by atoms with Crippen molar-refractivity contribution in [2.45, 2.75) is 6.67 Å². The predicted octanol–water partition coefficient (Wildman–Crippen LogP) is 2.83. The quantitative estimate of drug-likeness (QED) is 0.725. The molecule has 0 N–H and O–H groups in total.